The van der Waals surface area contributed by atoms with Crippen molar-refractivity contribution in [3.05, 3.63) is 79.0 Å². The second-order valence-corrected chi connectivity index (χ2v) is 13.7. The molecule has 4 N–H and O–H groups in total. The predicted octanol–water partition coefficient (Wildman–Crippen LogP) is 3.05. The molecule has 8 bridgehead atoms. The number of allylic oxidation sites excluding steroid dienone is 2. The van der Waals surface area contributed by atoms with Gasteiger partial charge in [0.15, 0.2) is 0 Å². The van der Waals surface area contributed by atoms with Crippen LogP contribution in [0.15, 0.2) is 40.3 Å². The van der Waals surface area contributed by atoms with Crippen molar-refractivity contribution in [1.82, 2.24) is 30.4 Å². The number of hydrogen-bond donors (Lipinski definition) is 4. The van der Waals surface area contributed by atoms with Gasteiger partial charge >= 0.3 is 11.9 Å². The van der Waals surface area contributed by atoms with E-state index in [1.807, 2.05) is 38.0 Å². The lowest BCUT2D eigenvalue weighted by Gasteiger charge is -2.11. The van der Waals surface area contributed by atoms with Crippen molar-refractivity contribution in [2.45, 2.75) is 65.5 Å². The first kappa shape index (κ1) is 35.0. The minimum Gasteiger partial charge on any atom is -0.464 e. The molecule has 5 rings (SSSR count). The van der Waals surface area contributed by atoms with Crippen LogP contribution in [0.1, 0.15) is 61.2 Å². The van der Waals surface area contributed by atoms with Crippen molar-refractivity contribution in [3.63, 3.8) is 0 Å². The van der Waals surface area contributed by atoms with Crippen LogP contribution in [-0.2, 0) is 25.5 Å². The lowest BCUT2D eigenvalue weighted by atomic mass is 9.99. The van der Waals surface area contributed by atoms with Gasteiger partial charge in [0.2, 0.25) is 0 Å². The largest absolute Gasteiger partial charge is 0.464 e. The first-order valence-electron chi connectivity index (χ1n) is 16.9. The number of H-pyrrole nitrogens is 2. The van der Waals surface area contributed by atoms with Gasteiger partial charge < -0.3 is 39.9 Å². The van der Waals surface area contributed by atoms with Crippen molar-refractivity contribution in [2.75, 3.05) is 54.5 Å². The zero-order chi connectivity index (χ0) is 34.5. The van der Waals surface area contributed by atoms with Crippen LogP contribution >= 0.6 is 0 Å². The number of hydrogen-bond acceptors (Lipinski definition) is 8. The quantitative estimate of drug-likeness (QED) is 0.258. The highest BCUT2D eigenvalue weighted by Crippen LogP contribution is 2.33. The number of nitrogens with one attached hydrogen (secondary N) is 4. The first-order valence-corrected chi connectivity index (χ1v) is 16.9. The van der Waals surface area contributed by atoms with Gasteiger partial charge in [-0.25, -0.2) is 0 Å². The van der Waals surface area contributed by atoms with Gasteiger partial charge in [-0.2, -0.15) is 0 Å². The van der Waals surface area contributed by atoms with Crippen LogP contribution < -0.4 is 21.3 Å². The van der Waals surface area contributed by atoms with E-state index in [1.54, 1.807) is 0 Å². The van der Waals surface area contributed by atoms with E-state index in [-0.39, 0.29) is 36.9 Å². The summed E-state index contributed by atoms with van der Waals surface area (Å²) in [6, 6.07) is 2.18. The number of esters is 2. The van der Waals surface area contributed by atoms with Crippen LogP contribution in [0.25, 0.3) is 24.3 Å². The van der Waals surface area contributed by atoms with Gasteiger partial charge in [-0.1, -0.05) is 6.08 Å². The van der Waals surface area contributed by atoms with Crippen molar-refractivity contribution in [2.24, 2.45) is 0 Å². The lowest BCUT2D eigenvalue weighted by Crippen LogP contribution is -2.25. The molecule has 2 unspecified atom stereocenters. The van der Waals surface area contributed by atoms with Gasteiger partial charge in [-0.3, -0.25) is 9.59 Å². The molecule has 5 heterocycles. The summed E-state index contributed by atoms with van der Waals surface area (Å²) in [4.78, 5) is 36.8. The highest BCUT2D eigenvalue weighted by atomic mass is 16.5. The van der Waals surface area contributed by atoms with E-state index in [0.29, 0.717) is 39.1 Å². The maximum Gasteiger partial charge on any atom is 0.306 e. The van der Waals surface area contributed by atoms with Crippen molar-refractivity contribution < 1.29 is 19.1 Å². The Morgan fingerprint density at radius 3 is 2.08 bits per heavy atom. The summed E-state index contributed by atoms with van der Waals surface area (Å²) < 4.78 is 11.0. The Labute approximate surface area is 284 Å². The van der Waals surface area contributed by atoms with E-state index in [9.17, 15) is 9.59 Å². The highest BCUT2D eigenvalue weighted by Gasteiger charge is 2.27. The van der Waals surface area contributed by atoms with Gasteiger partial charge in [0, 0.05) is 59.4 Å². The van der Waals surface area contributed by atoms with Crippen molar-refractivity contribution in [3.8, 4) is 0 Å². The third kappa shape index (κ3) is 8.59. The standard InChI is InChI=1S/C38H52N6O4/c1-23-17-28-20-33-25(3)29(9-11-37(45)47-15-13-43(5)6)35(41-33)22-36-30(10-12-38(46)48-16-14-44(7)8)26(4)34(42-36)21-32-24(2)18-27(40-32)19-31(23)39-28/h17-22,27,33,39-42H,9-16H2,1-8H3/b28-20-,31-19-,32-21?,35-22-. The lowest BCUT2D eigenvalue weighted by molar-refractivity contribution is -0.144. The fraction of sp³-hybridized carbons (Fsp3) is 0.474. The Hall–Kier alpha value is -4.28. The minimum atomic E-state index is -0.206. The molecule has 3 aliphatic rings. The molecular formula is C38H52N6O4. The predicted molar refractivity (Wildman–Crippen MR) is 192 cm³/mol. The number of aromatic nitrogens is 2. The summed E-state index contributed by atoms with van der Waals surface area (Å²) in [6.45, 7) is 10.6. The Bertz CT molecular complexity index is 1780. The number of ether oxygens (including phenoxy) is 2. The molecule has 3 aliphatic heterocycles. The number of rotatable bonds is 12. The number of likely N-dealkylation sites (N-methyl/N-ethyl adjacent to an activating group) is 2. The van der Waals surface area contributed by atoms with Crippen LogP contribution in [0.2, 0.25) is 0 Å². The molecule has 0 aliphatic carbocycles. The van der Waals surface area contributed by atoms with E-state index in [2.05, 4.69) is 84.7 Å². The molecule has 48 heavy (non-hydrogen) atoms. The number of nitrogens with zero attached hydrogens (tertiary/aromatic N) is 2. The number of fused-ring (bicyclic) bond motifs is 8. The number of carbonyl (C=O) groups is 2. The Morgan fingerprint density at radius 1 is 0.771 bits per heavy atom. The molecular weight excluding hydrogens is 604 g/mol. The summed E-state index contributed by atoms with van der Waals surface area (Å²) in [5, 5.41) is 9.54. The summed E-state index contributed by atoms with van der Waals surface area (Å²) in [5.41, 5.74) is 10.7. The molecule has 2 aromatic heterocycles. The maximum absolute atomic E-state index is 12.7. The summed E-state index contributed by atoms with van der Waals surface area (Å²) in [7, 11) is 7.84. The Morgan fingerprint density at radius 2 is 1.42 bits per heavy atom. The number of aromatic amines is 2. The third-order valence-electron chi connectivity index (χ3n) is 9.31. The average Bonchev–Trinajstić information content (AvgIpc) is 3.71. The molecule has 10 nitrogen and oxygen atoms in total. The zero-order valence-electron chi connectivity index (χ0n) is 29.8. The summed E-state index contributed by atoms with van der Waals surface area (Å²) in [6.07, 6.45) is 12.7. The molecule has 2 atom stereocenters. The fourth-order valence-corrected chi connectivity index (χ4v) is 6.39. The fourth-order valence-electron chi connectivity index (χ4n) is 6.39. The molecule has 0 radical (unpaired) electrons. The second-order valence-electron chi connectivity index (χ2n) is 13.7. The zero-order valence-corrected chi connectivity index (χ0v) is 29.8. The monoisotopic (exact) mass is 656 g/mol. The van der Waals surface area contributed by atoms with Crippen LogP contribution in [-0.4, -0.2) is 98.3 Å². The van der Waals surface area contributed by atoms with Crippen molar-refractivity contribution in [1.29, 1.82) is 0 Å². The van der Waals surface area contributed by atoms with E-state index < -0.39 is 0 Å². The first-order chi connectivity index (χ1) is 22.9. The summed E-state index contributed by atoms with van der Waals surface area (Å²) in [5.74, 6) is -0.408. The van der Waals surface area contributed by atoms with E-state index in [4.69, 9.17) is 9.47 Å². The van der Waals surface area contributed by atoms with Gasteiger partial charge in [0.05, 0.1) is 12.1 Å². The van der Waals surface area contributed by atoms with Crippen molar-refractivity contribution >= 4 is 36.2 Å². The molecule has 0 fully saturated rings. The third-order valence-corrected chi connectivity index (χ3v) is 9.31. The Balaban J connectivity index is 1.54. The molecule has 0 aromatic carbocycles. The molecule has 10 heteroatoms. The van der Waals surface area contributed by atoms with E-state index >= 15 is 0 Å². The Kier molecular flexibility index (Phi) is 11.2. The molecule has 2 aromatic rings. The molecule has 0 spiro atoms. The summed E-state index contributed by atoms with van der Waals surface area (Å²) >= 11 is 0. The van der Waals surface area contributed by atoms with Gasteiger partial charge in [0.25, 0.3) is 0 Å². The number of carbonyl (C=O) groups excluding carboxylic acids is 2. The topological polar surface area (TPSA) is 115 Å². The number of aryl methyl sites for hydroxylation is 1. The van der Waals surface area contributed by atoms with Gasteiger partial charge in [0.1, 0.15) is 13.2 Å². The highest BCUT2D eigenvalue weighted by molar-refractivity contribution is 5.74. The maximum atomic E-state index is 12.7. The normalized spacial score (nSPS) is 21.0. The average molecular weight is 657 g/mol. The van der Waals surface area contributed by atoms with Gasteiger partial charge in [-0.05, 0) is 133 Å². The second kappa shape index (κ2) is 15.3. The van der Waals surface area contributed by atoms with Gasteiger partial charge in [-0.15, -0.1) is 0 Å². The SMILES string of the molecule is CC1=CC2/C=c3\[nH]/c(cc3C)=C\C3N/C(=C\c4[nH]c(c(C)c4CCC(=O)OCCN(C)C)C=C1N2)C(CCC(=O)OCCN(C)C)=C3C. The van der Waals surface area contributed by atoms with Crippen LogP contribution in [0.3, 0.4) is 0 Å². The molecule has 0 saturated carbocycles. The molecule has 258 valence electrons. The van der Waals surface area contributed by atoms with Crippen LogP contribution in [0.4, 0.5) is 0 Å². The molecule has 0 saturated heterocycles. The minimum absolute atomic E-state index is 0.0567. The van der Waals surface area contributed by atoms with Crippen LogP contribution in [0.5, 0.6) is 0 Å². The van der Waals surface area contributed by atoms with E-state index in [1.165, 1.54) is 16.7 Å². The van der Waals surface area contributed by atoms with Crippen LogP contribution in [0, 0.1) is 13.8 Å². The van der Waals surface area contributed by atoms with E-state index in [0.717, 1.165) is 50.2 Å². The molecule has 0 amide bonds. The smallest absolute Gasteiger partial charge is 0.306 e.